The van der Waals surface area contributed by atoms with Crippen molar-refractivity contribution in [1.29, 1.82) is 0 Å². The summed E-state index contributed by atoms with van der Waals surface area (Å²) in [5.41, 5.74) is 7.45. The third-order valence-electron chi connectivity index (χ3n) is 2.02. The molecular formula is C9H12N4. The fourth-order valence-corrected chi connectivity index (χ4v) is 1.30. The molecule has 4 heteroatoms. The van der Waals surface area contributed by atoms with Gasteiger partial charge in [-0.1, -0.05) is 13.8 Å². The van der Waals surface area contributed by atoms with Crippen molar-refractivity contribution >= 4 is 17.7 Å². The predicted molar refractivity (Wildman–Crippen MR) is 52.4 cm³/mol. The Hall–Kier alpha value is -1.45. The summed E-state index contributed by atoms with van der Waals surface area (Å²) in [4.78, 5) is 12.7. The molecule has 2 rings (SSSR count). The summed E-state index contributed by atoms with van der Waals surface area (Å²) in [5, 5.41) is 0. The molecule has 0 fully saturated rings. The second-order valence-electron chi connectivity index (χ2n) is 3.43. The first-order valence-corrected chi connectivity index (χ1v) is 4.37. The maximum atomic E-state index is 5.75. The molecule has 0 atom stereocenters. The van der Waals surface area contributed by atoms with E-state index in [-0.39, 0.29) is 0 Å². The molecule has 1 aromatic rings. The molecule has 4 nitrogen and oxygen atoms in total. The largest absolute Gasteiger partial charge is 0.382 e. The third kappa shape index (κ3) is 1.28. The zero-order valence-electron chi connectivity index (χ0n) is 7.78. The van der Waals surface area contributed by atoms with E-state index in [4.69, 9.17) is 5.73 Å². The van der Waals surface area contributed by atoms with E-state index in [1.165, 1.54) is 0 Å². The van der Waals surface area contributed by atoms with Gasteiger partial charge >= 0.3 is 0 Å². The molecule has 0 saturated carbocycles. The highest BCUT2D eigenvalue weighted by molar-refractivity contribution is 5.79. The average Bonchev–Trinajstić information content (AvgIpc) is 2.51. The zero-order valence-corrected chi connectivity index (χ0v) is 7.78. The highest BCUT2D eigenvalue weighted by Crippen LogP contribution is 2.28. The molecule has 0 spiro atoms. The van der Waals surface area contributed by atoms with E-state index in [9.17, 15) is 0 Å². The highest BCUT2D eigenvalue weighted by atomic mass is 15.0. The van der Waals surface area contributed by atoms with Gasteiger partial charge in [-0.15, -0.1) is 0 Å². The maximum Gasteiger partial charge on any atom is 0.153 e. The van der Waals surface area contributed by atoms with Gasteiger partial charge in [0, 0.05) is 18.6 Å². The number of nitrogen functional groups attached to an aromatic ring is 1. The Morgan fingerprint density at radius 1 is 1.38 bits per heavy atom. The molecule has 1 aliphatic heterocycles. The van der Waals surface area contributed by atoms with Crippen molar-refractivity contribution in [3.05, 3.63) is 11.5 Å². The number of nitrogens with zero attached hydrogens (tertiary/aromatic N) is 3. The monoisotopic (exact) mass is 176 g/mol. The van der Waals surface area contributed by atoms with E-state index >= 15 is 0 Å². The predicted octanol–water partition coefficient (Wildman–Crippen LogP) is 1.44. The molecule has 0 aromatic carbocycles. The van der Waals surface area contributed by atoms with Crippen LogP contribution in [0.3, 0.4) is 0 Å². The van der Waals surface area contributed by atoms with Crippen LogP contribution in [-0.4, -0.2) is 16.2 Å². The maximum absolute atomic E-state index is 5.75. The summed E-state index contributed by atoms with van der Waals surface area (Å²) in [6, 6.07) is 0. The molecule has 0 aliphatic carbocycles. The zero-order chi connectivity index (χ0) is 9.42. The lowest BCUT2D eigenvalue weighted by Gasteiger charge is -2.07. The lowest BCUT2D eigenvalue weighted by atomic mass is 10.2. The van der Waals surface area contributed by atoms with E-state index in [1.807, 2.05) is 6.21 Å². The van der Waals surface area contributed by atoms with Crippen LogP contribution in [0.2, 0.25) is 0 Å². The van der Waals surface area contributed by atoms with Crippen LogP contribution in [0, 0.1) is 0 Å². The first-order valence-electron chi connectivity index (χ1n) is 4.37. The van der Waals surface area contributed by atoms with E-state index < -0.39 is 0 Å². The van der Waals surface area contributed by atoms with Gasteiger partial charge in [-0.3, -0.25) is 4.99 Å². The number of anilines is 1. The molecule has 2 heterocycles. The van der Waals surface area contributed by atoms with E-state index in [0.717, 1.165) is 23.6 Å². The van der Waals surface area contributed by atoms with Gasteiger partial charge in [-0.2, -0.15) is 0 Å². The second-order valence-corrected chi connectivity index (χ2v) is 3.43. The summed E-state index contributed by atoms with van der Waals surface area (Å²) in [7, 11) is 0. The minimum Gasteiger partial charge on any atom is -0.382 e. The number of aromatic nitrogens is 2. The standard InChI is InChI=1S/C9H12N4/c1-5(2)9-12-6-3-4-11-7(6)8(10)13-9/h4-5H,3H2,1-2H3,(H2,10,12,13). The van der Waals surface area contributed by atoms with Gasteiger partial charge in [0.2, 0.25) is 0 Å². The number of nitrogens with two attached hydrogens (primary N) is 1. The van der Waals surface area contributed by atoms with Crippen LogP contribution in [0.15, 0.2) is 4.99 Å². The number of hydrogen-bond acceptors (Lipinski definition) is 4. The van der Waals surface area contributed by atoms with E-state index in [2.05, 4.69) is 28.8 Å². The van der Waals surface area contributed by atoms with E-state index in [1.54, 1.807) is 0 Å². The lowest BCUT2D eigenvalue weighted by Crippen LogP contribution is -2.04. The van der Waals surface area contributed by atoms with Gasteiger partial charge in [0.1, 0.15) is 11.5 Å². The van der Waals surface area contributed by atoms with Crippen molar-refractivity contribution in [2.24, 2.45) is 4.99 Å². The molecular weight excluding hydrogens is 164 g/mol. The first kappa shape index (κ1) is 8.16. The van der Waals surface area contributed by atoms with Gasteiger partial charge in [-0.05, 0) is 0 Å². The number of fused-ring (bicyclic) bond motifs is 1. The normalized spacial score (nSPS) is 13.8. The van der Waals surface area contributed by atoms with Gasteiger partial charge in [-0.25, -0.2) is 9.97 Å². The number of hydrogen-bond donors (Lipinski definition) is 1. The summed E-state index contributed by atoms with van der Waals surface area (Å²) < 4.78 is 0. The summed E-state index contributed by atoms with van der Waals surface area (Å²) in [6.07, 6.45) is 2.60. The molecule has 0 radical (unpaired) electrons. The molecule has 13 heavy (non-hydrogen) atoms. The number of rotatable bonds is 1. The van der Waals surface area contributed by atoms with Crippen LogP contribution in [0.4, 0.5) is 11.5 Å². The first-order chi connectivity index (χ1) is 6.18. The Morgan fingerprint density at radius 3 is 2.85 bits per heavy atom. The highest BCUT2D eigenvalue weighted by Gasteiger charge is 2.15. The van der Waals surface area contributed by atoms with E-state index in [0.29, 0.717) is 11.7 Å². The SMILES string of the molecule is CC(C)c1nc(N)c2c(n1)CC=N2. The molecule has 0 saturated heterocycles. The molecule has 0 bridgehead atoms. The van der Waals surface area contributed by atoms with Crippen LogP contribution >= 0.6 is 0 Å². The Labute approximate surface area is 76.9 Å². The van der Waals surface area contributed by atoms with Crippen molar-refractivity contribution in [1.82, 2.24) is 9.97 Å². The molecule has 0 amide bonds. The van der Waals surface area contributed by atoms with Gasteiger partial charge < -0.3 is 5.73 Å². The van der Waals surface area contributed by atoms with Gasteiger partial charge in [0.05, 0.1) is 5.69 Å². The van der Waals surface area contributed by atoms with Crippen molar-refractivity contribution < 1.29 is 0 Å². The van der Waals surface area contributed by atoms with Crippen LogP contribution in [-0.2, 0) is 6.42 Å². The Balaban J connectivity index is 2.53. The van der Waals surface area contributed by atoms with Gasteiger partial charge in [0.25, 0.3) is 0 Å². The third-order valence-corrected chi connectivity index (χ3v) is 2.02. The Morgan fingerprint density at radius 2 is 2.15 bits per heavy atom. The quantitative estimate of drug-likeness (QED) is 0.704. The summed E-state index contributed by atoms with van der Waals surface area (Å²) in [6.45, 7) is 4.11. The van der Waals surface area contributed by atoms with Crippen LogP contribution in [0.1, 0.15) is 31.3 Å². The fourth-order valence-electron chi connectivity index (χ4n) is 1.30. The molecule has 1 aromatic heterocycles. The van der Waals surface area contributed by atoms with Crippen LogP contribution < -0.4 is 5.73 Å². The topological polar surface area (TPSA) is 64.2 Å². The smallest absolute Gasteiger partial charge is 0.153 e. The minimum absolute atomic E-state index is 0.313. The summed E-state index contributed by atoms with van der Waals surface area (Å²) in [5.74, 6) is 1.62. The minimum atomic E-state index is 0.313. The van der Waals surface area contributed by atoms with Crippen molar-refractivity contribution in [3.63, 3.8) is 0 Å². The molecule has 68 valence electrons. The number of aliphatic imine (C=N–C) groups is 1. The average molecular weight is 176 g/mol. The van der Waals surface area contributed by atoms with Crippen molar-refractivity contribution in [3.8, 4) is 0 Å². The van der Waals surface area contributed by atoms with Gasteiger partial charge in [0.15, 0.2) is 5.82 Å². The molecule has 1 aliphatic rings. The van der Waals surface area contributed by atoms with Crippen LogP contribution in [0.25, 0.3) is 0 Å². The fraction of sp³-hybridized carbons (Fsp3) is 0.444. The Kier molecular flexibility index (Phi) is 1.76. The summed E-state index contributed by atoms with van der Waals surface area (Å²) >= 11 is 0. The van der Waals surface area contributed by atoms with Crippen LogP contribution in [0.5, 0.6) is 0 Å². The van der Waals surface area contributed by atoms with Crippen molar-refractivity contribution in [2.45, 2.75) is 26.2 Å². The van der Waals surface area contributed by atoms with Crippen molar-refractivity contribution in [2.75, 3.05) is 5.73 Å². The lowest BCUT2D eigenvalue weighted by molar-refractivity contribution is 0.769. The second kappa shape index (κ2) is 2.80. The molecule has 0 unspecified atom stereocenters. The molecule has 2 N–H and O–H groups in total. The Bertz CT molecular complexity index is 368.